The number of carbonyl (C=O) groups is 4. The van der Waals surface area contributed by atoms with Crippen molar-refractivity contribution in [3.8, 4) is 0 Å². The molecule has 1 aliphatic rings. The highest BCUT2D eigenvalue weighted by Crippen LogP contribution is 2.26. The molecule has 0 aromatic carbocycles. The SMILES string of the molecule is CC/C=C\C/C=C\C/C=C\CCCCCCCCCC(=O)OC1C(OCC(COC(=O)CCCCCCC/C=C\CCCCCCCC)OC(=O)CCCCCCCCCCC)OC(C(=O)O)C(O)C1O. The van der Waals surface area contributed by atoms with Gasteiger partial charge < -0.3 is 39.0 Å². The fraction of sp³-hybridized carbons (Fsp3) is 0.797. The van der Waals surface area contributed by atoms with E-state index in [2.05, 4.69) is 69.4 Å². The summed E-state index contributed by atoms with van der Waals surface area (Å²) >= 11 is 0. The van der Waals surface area contributed by atoms with Gasteiger partial charge >= 0.3 is 23.9 Å². The monoisotopic (exact) mass is 1000 g/mol. The Kier molecular flexibility index (Phi) is 44.1. The first kappa shape index (κ1) is 65.7. The molecule has 1 heterocycles. The lowest BCUT2D eigenvalue weighted by Gasteiger charge is -2.40. The van der Waals surface area contributed by atoms with Crippen molar-refractivity contribution in [3.05, 3.63) is 48.6 Å². The maximum absolute atomic E-state index is 13.0. The molecule has 1 rings (SSSR count). The minimum Gasteiger partial charge on any atom is -0.479 e. The molecular formula is C59H102O12. The molecule has 0 aromatic rings. The van der Waals surface area contributed by atoms with Crippen molar-refractivity contribution < 1.29 is 58.2 Å². The molecular weight excluding hydrogens is 901 g/mol. The van der Waals surface area contributed by atoms with E-state index in [1.165, 1.54) is 70.6 Å². The molecule has 12 heteroatoms. The second kappa shape index (κ2) is 47.7. The molecule has 0 amide bonds. The van der Waals surface area contributed by atoms with Crippen LogP contribution in [0.4, 0.5) is 0 Å². The van der Waals surface area contributed by atoms with Crippen molar-refractivity contribution in [2.45, 2.75) is 289 Å². The molecule has 410 valence electrons. The van der Waals surface area contributed by atoms with E-state index in [-0.39, 0.29) is 25.9 Å². The maximum Gasteiger partial charge on any atom is 0.335 e. The van der Waals surface area contributed by atoms with E-state index in [9.17, 15) is 34.5 Å². The first-order valence-corrected chi connectivity index (χ1v) is 28.6. The van der Waals surface area contributed by atoms with E-state index in [0.717, 1.165) is 122 Å². The summed E-state index contributed by atoms with van der Waals surface area (Å²) in [5, 5.41) is 31.4. The van der Waals surface area contributed by atoms with Crippen LogP contribution >= 0.6 is 0 Å². The van der Waals surface area contributed by atoms with Crippen LogP contribution in [0.25, 0.3) is 0 Å². The topological polar surface area (TPSA) is 175 Å². The van der Waals surface area contributed by atoms with Gasteiger partial charge in [0, 0.05) is 19.3 Å². The molecule has 0 radical (unpaired) electrons. The summed E-state index contributed by atoms with van der Waals surface area (Å²) in [7, 11) is 0. The van der Waals surface area contributed by atoms with Crippen LogP contribution in [0.15, 0.2) is 48.6 Å². The van der Waals surface area contributed by atoms with Gasteiger partial charge in [-0.3, -0.25) is 14.4 Å². The molecule has 1 fully saturated rings. The Labute approximate surface area is 431 Å². The molecule has 0 spiro atoms. The van der Waals surface area contributed by atoms with Gasteiger partial charge in [-0.2, -0.15) is 0 Å². The van der Waals surface area contributed by atoms with Crippen molar-refractivity contribution >= 4 is 23.9 Å². The Hall–Kier alpha value is -3.32. The number of aliphatic carboxylic acids is 1. The minimum absolute atomic E-state index is 0.0499. The molecule has 71 heavy (non-hydrogen) atoms. The zero-order valence-corrected chi connectivity index (χ0v) is 45.0. The molecule has 1 aliphatic heterocycles. The van der Waals surface area contributed by atoms with Gasteiger partial charge in [-0.15, -0.1) is 0 Å². The molecule has 12 nitrogen and oxygen atoms in total. The Bertz CT molecular complexity index is 1420. The molecule has 0 saturated carbocycles. The number of carbonyl (C=O) groups excluding carboxylic acids is 3. The molecule has 1 saturated heterocycles. The smallest absolute Gasteiger partial charge is 0.335 e. The number of aliphatic hydroxyl groups excluding tert-OH is 2. The van der Waals surface area contributed by atoms with E-state index in [1.807, 2.05) is 0 Å². The highest BCUT2D eigenvalue weighted by atomic mass is 16.7. The zero-order chi connectivity index (χ0) is 51.8. The lowest BCUT2D eigenvalue weighted by atomic mass is 9.98. The molecule has 0 aromatic heterocycles. The third-order valence-corrected chi connectivity index (χ3v) is 12.9. The van der Waals surface area contributed by atoms with Crippen LogP contribution in [0.5, 0.6) is 0 Å². The molecule has 0 aliphatic carbocycles. The van der Waals surface area contributed by atoms with Crippen LogP contribution in [-0.2, 0) is 42.9 Å². The molecule has 6 unspecified atom stereocenters. The average molecular weight is 1000 g/mol. The fourth-order valence-electron chi connectivity index (χ4n) is 8.49. The van der Waals surface area contributed by atoms with Crippen molar-refractivity contribution in [3.63, 3.8) is 0 Å². The van der Waals surface area contributed by atoms with E-state index in [0.29, 0.717) is 19.3 Å². The number of hydrogen-bond acceptors (Lipinski definition) is 11. The van der Waals surface area contributed by atoms with Gasteiger partial charge in [0.25, 0.3) is 0 Å². The van der Waals surface area contributed by atoms with Crippen LogP contribution in [0.1, 0.15) is 252 Å². The van der Waals surface area contributed by atoms with E-state index >= 15 is 0 Å². The van der Waals surface area contributed by atoms with Gasteiger partial charge in [-0.1, -0.05) is 204 Å². The predicted octanol–water partition coefficient (Wildman–Crippen LogP) is 14.2. The van der Waals surface area contributed by atoms with E-state index < -0.39 is 67.3 Å². The standard InChI is InChI=1S/C59H102O12/c1-4-7-10-13-16-19-21-23-25-26-28-30-32-35-38-41-44-47-53(62)70-57-55(64)54(63)56(58(65)66)71-59(57)68-49-50(69-52(61)46-43-40-37-33-18-15-12-9-6-3)48-67-51(60)45-42-39-36-34-31-29-27-24-22-20-17-14-11-8-5-2/h7,10,16,19,23-25,27,50,54-57,59,63-64H,4-6,8-9,11-15,17-18,20-22,26,28-49H2,1-3H3,(H,65,66)/b10-7-,19-16-,25-23-,27-24-. The largest absolute Gasteiger partial charge is 0.479 e. The van der Waals surface area contributed by atoms with Gasteiger partial charge in [0.15, 0.2) is 24.6 Å². The number of aliphatic hydroxyl groups is 2. The molecule has 6 atom stereocenters. The number of unbranched alkanes of at least 4 members (excludes halogenated alkanes) is 26. The Morgan fingerprint density at radius 1 is 0.479 bits per heavy atom. The first-order chi connectivity index (χ1) is 34.6. The average Bonchev–Trinajstić information content (AvgIpc) is 3.35. The number of rotatable bonds is 48. The molecule has 0 bridgehead atoms. The summed E-state index contributed by atoms with van der Waals surface area (Å²) in [6.07, 6.45) is 43.8. The van der Waals surface area contributed by atoms with Crippen LogP contribution in [0.3, 0.4) is 0 Å². The van der Waals surface area contributed by atoms with Gasteiger partial charge in [0.1, 0.15) is 18.8 Å². The van der Waals surface area contributed by atoms with Gasteiger partial charge in [0.2, 0.25) is 0 Å². The summed E-state index contributed by atoms with van der Waals surface area (Å²) in [6, 6.07) is 0. The van der Waals surface area contributed by atoms with Crippen LogP contribution < -0.4 is 0 Å². The normalized spacial score (nSPS) is 18.8. The maximum atomic E-state index is 13.0. The van der Waals surface area contributed by atoms with Crippen molar-refractivity contribution in [2.75, 3.05) is 13.2 Å². The second-order valence-electron chi connectivity index (χ2n) is 19.5. The summed E-state index contributed by atoms with van der Waals surface area (Å²) in [5.41, 5.74) is 0. The number of ether oxygens (including phenoxy) is 5. The van der Waals surface area contributed by atoms with Gasteiger partial charge in [-0.05, 0) is 77.0 Å². The Morgan fingerprint density at radius 2 is 0.887 bits per heavy atom. The van der Waals surface area contributed by atoms with Crippen molar-refractivity contribution in [1.29, 1.82) is 0 Å². The number of esters is 3. The number of carboxylic acids is 1. The first-order valence-electron chi connectivity index (χ1n) is 28.6. The number of allylic oxidation sites excluding steroid dienone is 8. The number of hydrogen-bond donors (Lipinski definition) is 3. The number of carboxylic acid groups (broad SMARTS) is 1. The quantitative estimate of drug-likeness (QED) is 0.0228. The summed E-state index contributed by atoms with van der Waals surface area (Å²) in [6.45, 7) is 5.84. The van der Waals surface area contributed by atoms with Crippen molar-refractivity contribution in [2.24, 2.45) is 0 Å². The highest BCUT2D eigenvalue weighted by Gasteiger charge is 2.50. The van der Waals surface area contributed by atoms with E-state index in [1.54, 1.807) is 0 Å². The van der Waals surface area contributed by atoms with Crippen LogP contribution in [0, 0.1) is 0 Å². The third kappa shape index (κ3) is 38.0. The third-order valence-electron chi connectivity index (χ3n) is 12.9. The summed E-state index contributed by atoms with van der Waals surface area (Å²) < 4.78 is 28.3. The Morgan fingerprint density at radius 3 is 1.37 bits per heavy atom. The molecule has 3 N–H and O–H groups in total. The lowest BCUT2D eigenvalue weighted by molar-refractivity contribution is -0.301. The fourth-order valence-corrected chi connectivity index (χ4v) is 8.49. The second-order valence-corrected chi connectivity index (χ2v) is 19.5. The van der Waals surface area contributed by atoms with Crippen molar-refractivity contribution in [1.82, 2.24) is 0 Å². The van der Waals surface area contributed by atoms with Crippen LogP contribution in [0.2, 0.25) is 0 Å². The van der Waals surface area contributed by atoms with Gasteiger partial charge in [0.05, 0.1) is 6.61 Å². The zero-order valence-electron chi connectivity index (χ0n) is 45.0. The summed E-state index contributed by atoms with van der Waals surface area (Å²) in [4.78, 5) is 50.9. The van der Waals surface area contributed by atoms with Crippen LogP contribution in [-0.4, -0.2) is 89.2 Å². The Balaban J connectivity index is 2.66. The minimum atomic E-state index is -1.90. The van der Waals surface area contributed by atoms with Gasteiger partial charge in [-0.25, -0.2) is 4.79 Å². The van der Waals surface area contributed by atoms with E-state index in [4.69, 9.17) is 23.7 Å². The lowest BCUT2D eigenvalue weighted by Crippen LogP contribution is -2.61. The predicted molar refractivity (Wildman–Crippen MR) is 285 cm³/mol. The summed E-state index contributed by atoms with van der Waals surface area (Å²) in [5.74, 6) is -3.13. The highest BCUT2D eigenvalue weighted by molar-refractivity contribution is 5.74.